The van der Waals surface area contributed by atoms with Crippen LogP contribution in [0.4, 0.5) is 27.8 Å². The molecule has 1 N–H and O–H groups in total. The van der Waals surface area contributed by atoms with E-state index in [9.17, 15) is 22.0 Å². The van der Waals surface area contributed by atoms with Crippen LogP contribution in [-0.4, -0.2) is 47.5 Å². The van der Waals surface area contributed by atoms with Crippen LogP contribution in [0.1, 0.15) is 19.4 Å². The first-order valence-electron chi connectivity index (χ1n) is 9.06. The van der Waals surface area contributed by atoms with E-state index in [0.717, 1.165) is 5.39 Å². The molecule has 2 unspecified atom stereocenters. The molecule has 0 amide bonds. The van der Waals surface area contributed by atoms with Crippen LogP contribution in [0.2, 0.25) is 0 Å². The van der Waals surface area contributed by atoms with Crippen LogP contribution in [-0.2, 0) is 0 Å². The Kier molecular flexibility index (Phi) is 3.80. The third-order valence-electron chi connectivity index (χ3n) is 5.11. The Morgan fingerprint density at radius 1 is 1.10 bits per heavy atom. The molecule has 0 aliphatic carbocycles. The quantitative estimate of drug-likeness (QED) is 0.492. The number of fused-ring (bicyclic) bond motifs is 4. The number of aromatic nitrogens is 6. The Labute approximate surface area is 165 Å². The van der Waals surface area contributed by atoms with E-state index < -0.39 is 30.6 Å². The molecule has 156 valence electrons. The highest BCUT2D eigenvalue weighted by molar-refractivity contribution is 5.91. The Morgan fingerprint density at radius 3 is 2.63 bits per heavy atom. The number of nitrogens with zero attached hydrogens (tertiary/aromatic N) is 6. The summed E-state index contributed by atoms with van der Waals surface area (Å²) < 4.78 is 69.5. The van der Waals surface area contributed by atoms with E-state index in [1.807, 2.05) is 12.1 Å². The van der Waals surface area contributed by atoms with Crippen molar-refractivity contribution in [2.24, 2.45) is 0 Å². The van der Waals surface area contributed by atoms with E-state index in [1.54, 1.807) is 12.1 Å². The molecule has 0 saturated heterocycles. The lowest BCUT2D eigenvalue weighted by atomic mass is 9.99. The number of para-hydroxylation sites is 1. The van der Waals surface area contributed by atoms with E-state index in [-0.39, 0.29) is 17.3 Å². The molecule has 4 heterocycles. The lowest BCUT2D eigenvalue weighted by Gasteiger charge is -2.35. The fourth-order valence-corrected chi connectivity index (χ4v) is 3.67. The minimum absolute atomic E-state index is 0.0551. The lowest BCUT2D eigenvalue weighted by molar-refractivity contribution is -0.301. The van der Waals surface area contributed by atoms with Gasteiger partial charge in [0.15, 0.2) is 5.65 Å². The van der Waals surface area contributed by atoms with Crippen LogP contribution < -0.4 is 5.32 Å². The second-order valence-electron chi connectivity index (χ2n) is 7.24. The average Bonchev–Trinajstić information content (AvgIpc) is 3.30. The monoisotopic (exact) mass is 423 g/mol. The number of alkyl halides is 5. The maximum absolute atomic E-state index is 14.2. The van der Waals surface area contributed by atoms with Gasteiger partial charge in [-0.1, -0.05) is 12.1 Å². The first-order chi connectivity index (χ1) is 14.1. The Morgan fingerprint density at radius 2 is 1.87 bits per heavy atom. The molecule has 3 aromatic heterocycles. The maximum atomic E-state index is 14.2. The zero-order valence-electron chi connectivity index (χ0n) is 15.4. The van der Waals surface area contributed by atoms with Gasteiger partial charge in [-0.25, -0.2) is 19.2 Å². The van der Waals surface area contributed by atoms with Crippen molar-refractivity contribution in [3.8, 4) is 11.5 Å². The van der Waals surface area contributed by atoms with Gasteiger partial charge in [0, 0.05) is 17.5 Å². The Bertz CT molecular complexity index is 1260. The Balaban J connectivity index is 1.63. The van der Waals surface area contributed by atoms with E-state index in [2.05, 4.69) is 25.5 Å². The van der Waals surface area contributed by atoms with Crippen LogP contribution in [0.15, 0.2) is 36.7 Å². The second kappa shape index (κ2) is 6.09. The summed E-state index contributed by atoms with van der Waals surface area (Å²) in [7, 11) is 0. The van der Waals surface area contributed by atoms with Crippen LogP contribution in [0.25, 0.3) is 28.1 Å². The van der Waals surface area contributed by atoms with Crippen molar-refractivity contribution in [3.05, 3.63) is 36.7 Å². The number of nitrogens with one attached hydrogen (secondary N) is 1. The zero-order valence-corrected chi connectivity index (χ0v) is 15.4. The highest BCUT2D eigenvalue weighted by Crippen LogP contribution is 2.48. The number of rotatable bonds is 2. The van der Waals surface area contributed by atoms with Gasteiger partial charge in [0.05, 0.1) is 5.52 Å². The zero-order chi connectivity index (χ0) is 21.3. The highest BCUT2D eigenvalue weighted by Gasteiger charge is 2.64. The van der Waals surface area contributed by atoms with Crippen molar-refractivity contribution in [1.82, 2.24) is 29.4 Å². The van der Waals surface area contributed by atoms with Gasteiger partial charge in [-0.15, -0.1) is 5.10 Å². The molecule has 30 heavy (non-hydrogen) atoms. The number of halogens is 5. The number of hydrogen-bond acceptors (Lipinski definition) is 5. The van der Waals surface area contributed by atoms with Gasteiger partial charge in [0.2, 0.25) is 5.82 Å². The number of anilines is 1. The minimum Gasteiger partial charge on any atom is -0.368 e. The summed E-state index contributed by atoms with van der Waals surface area (Å²) in [6.07, 6.45) is -4.68. The summed E-state index contributed by atoms with van der Waals surface area (Å²) in [5.41, 5.74) is 1.25. The van der Waals surface area contributed by atoms with Crippen molar-refractivity contribution in [2.45, 2.75) is 37.5 Å². The third kappa shape index (κ3) is 2.70. The average molecular weight is 423 g/mol. The van der Waals surface area contributed by atoms with Gasteiger partial charge >= 0.3 is 12.1 Å². The summed E-state index contributed by atoms with van der Waals surface area (Å²) in [4.78, 5) is 8.67. The molecule has 0 saturated carbocycles. The fraction of sp³-hybridized carbons (Fsp3) is 0.333. The maximum Gasteiger partial charge on any atom is 0.455 e. The van der Waals surface area contributed by atoms with Gasteiger partial charge in [0.25, 0.3) is 0 Å². The summed E-state index contributed by atoms with van der Waals surface area (Å²) in [6.45, 7) is 1.54. The molecular formula is C18H14F5N7. The van der Waals surface area contributed by atoms with Crippen molar-refractivity contribution in [1.29, 1.82) is 0 Å². The highest BCUT2D eigenvalue weighted by atomic mass is 19.4. The SMILES string of the molecule is CC1CC(C(F)(F)C(F)(F)F)n2nc(-c3nc4c5ccccc5ncn4n3)cc2N1. The van der Waals surface area contributed by atoms with E-state index >= 15 is 0 Å². The third-order valence-corrected chi connectivity index (χ3v) is 5.11. The standard InChI is InChI=1S/C18H14F5N7/c1-9-6-13(17(19,20)18(21,22)23)30-14(25-9)7-12(27-30)15-26-16-10-4-2-3-5-11(10)24-8-29(16)28-15/h2-5,7-9,13,25H,6H2,1H3. The number of hydrogen-bond donors (Lipinski definition) is 1. The molecule has 2 atom stereocenters. The van der Waals surface area contributed by atoms with Crippen LogP contribution >= 0.6 is 0 Å². The molecular weight excluding hydrogens is 409 g/mol. The summed E-state index contributed by atoms with van der Waals surface area (Å²) in [6, 6.07) is 5.84. The molecule has 0 fully saturated rings. The smallest absolute Gasteiger partial charge is 0.368 e. The predicted octanol–water partition coefficient (Wildman–Crippen LogP) is 4.08. The fourth-order valence-electron chi connectivity index (χ4n) is 3.67. The summed E-state index contributed by atoms with van der Waals surface area (Å²) in [5, 5.41) is 11.9. The van der Waals surface area contributed by atoms with Gasteiger partial charge in [0.1, 0.15) is 23.9 Å². The summed E-state index contributed by atoms with van der Waals surface area (Å²) >= 11 is 0. The largest absolute Gasteiger partial charge is 0.455 e. The van der Waals surface area contributed by atoms with E-state index in [1.165, 1.54) is 23.8 Å². The van der Waals surface area contributed by atoms with Crippen molar-refractivity contribution in [3.63, 3.8) is 0 Å². The van der Waals surface area contributed by atoms with Crippen LogP contribution in [0.3, 0.4) is 0 Å². The molecule has 1 aliphatic heterocycles. The molecule has 4 aromatic rings. The van der Waals surface area contributed by atoms with Crippen molar-refractivity contribution in [2.75, 3.05) is 5.32 Å². The molecule has 0 spiro atoms. The minimum atomic E-state index is -5.69. The predicted molar refractivity (Wildman–Crippen MR) is 97.2 cm³/mol. The molecule has 1 aliphatic rings. The van der Waals surface area contributed by atoms with Crippen LogP contribution in [0.5, 0.6) is 0 Å². The molecule has 7 nitrogen and oxygen atoms in total. The van der Waals surface area contributed by atoms with E-state index in [4.69, 9.17) is 0 Å². The first-order valence-corrected chi connectivity index (χ1v) is 9.06. The van der Waals surface area contributed by atoms with Gasteiger partial charge in [-0.05, 0) is 25.5 Å². The molecule has 0 bridgehead atoms. The summed E-state index contributed by atoms with van der Waals surface area (Å²) in [5.74, 6) is -4.79. The molecule has 12 heteroatoms. The molecule has 1 aromatic carbocycles. The van der Waals surface area contributed by atoms with Gasteiger partial charge in [-0.2, -0.15) is 27.1 Å². The van der Waals surface area contributed by atoms with Crippen molar-refractivity contribution < 1.29 is 22.0 Å². The van der Waals surface area contributed by atoms with Crippen LogP contribution in [0, 0.1) is 0 Å². The Hall–Kier alpha value is -3.31. The molecule has 5 rings (SSSR count). The van der Waals surface area contributed by atoms with Crippen molar-refractivity contribution >= 4 is 22.4 Å². The van der Waals surface area contributed by atoms with E-state index in [0.29, 0.717) is 15.8 Å². The lowest BCUT2D eigenvalue weighted by Crippen LogP contribution is -2.48. The molecule has 0 radical (unpaired) electrons. The topological polar surface area (TPSA) is 72.9 Å². The normalized spacial score (nSPS) is 19.8. The van der Waals surface area contributed by atoms with Gasteiger partial charge in [-0.3, -0.25) is 0 Å². The second-order valence-corrected chi connectivity index (χ2v) is 7.24. The first kappa shape index (κ1) is 18.7. The number of benzene rings is 1. The van der Waals surface area contributed by atoms with Gasteiger partial charge < -0.3 is 5.32 Å².